The standard InChI is InChI=1S/C37H28ClF6N3O3/c1-21-15-24(36(39,40)41)8-10-27(21)28-11-9-26(18-32(28)38)46-20-31-29(22-5-3-2-4-6-22)16-25(37(42,43)44)17-30(31)23-7-12-33(47-19-23)35(50)45-14-13-34(48)49/h2-12,15-19,46H,13-14,20H2,1H3,(H,45,50)(H,48,49). The molecule has 1 amide bonds. The minimum absolute atomic E-state index is 0.0180. The van der Waals surface area contributed by atoms with Crippen molar-refractivity contribution in [3.63, 3.8) is 0 Å². The van der Waals surface area contributed by atoms with Crippen LogP contribution in [-0.4, -0.2) is 28.5 Å². The third kappa shape index (κ3) is 8.43. The number of carbonyl (C=O) groups is 2. The minimum Gasteiger partial charge on any atom is -0.481 e. The fraction of sp³-hybridized carbons (Fsp3) is 0.162. The number of carbonyl (C=O) groups excluding carboxylic acids is 1. The maximum atomic E-state index is 14.2. The molecule has 0 spiro atoms. The van der Waals surface area contributed by atoms with Gasteiger partial charge in [0.05, 0.1) is 22.6 Å². The van der Waals surface area contributed by atoms with E-state index in [0.29, 0.717) is 44.6 Å². The number of aromatic nitrogens is 1. The van der Waals surface area contributed by atoms with Crippen molar-refractivity contribution in [2.24, 2.45) is 0 Å². The number of anilines is 1. The van der Waals surface area contributed by atoms with Crippen LogP contribution in [0.1, 0.15) is 39.2 Å². The van der Waals surface area contributed by atoms with Crippen molar-refractivity contribution in [3.8, 4) is 33.4 Å². The van der Waals surface area contributed by atoms with Crippen LogP contribution in [0.25, 0.3) is 33.4 Å². The quantitative estimate of drug-likeness (QED) is 0.126. The molecule has 3 N–H and O–H groups in total. The summed E-state index contributed by atoms with van der Waals surface area (Å²) in [6.45, 7) is 1.44. The van der Waals surface area contributed by atoms with E-state index in [1.807, 2.05) is 0 Å². The molecule has 4 aromatic carbocycles. The van der Waals surface area contributed by atoms with Gasteiger partial charge in [0.25, 0.3) is 5.91 Å². The van der Waals surface area contributed by atoms with Crippen LogP contribution < -0.4 is 10.6 Å². The smallest absolute Gasteiger partial charge is 0.416 e. The first kappa shape index (κ1) is 35.9. The SMILES string of the molecule is Cc1cc(C(F)(F)F)ccc1-c1ccc(NCc2c(-c3ccccc3)cc(C(F)(F)F)cc2-c2ccc(C(=O)NCCC(=O)O)nc2)cc1Cl. The summed E-state index contributed by atoms with van der Waals surface area (Å²) in [6.07, 6.45) is -8.21. The Kier molecular flexibility index (Phi) is 10.5. The molecule has 1 heterocycles. The van der Waals surface area contributed by atoms with Crippen LogP contribution in [0.3, 0.4) is 0 Å². The zero-order valence-electron chi connectivity index (χ0n) is 26.2. The molecule has 0 radical (unpaired) electrons. The minimum atomic E-state index is -4.69. The molecule has 50 heavy (non-hydrogen) atoms. The van der Waals surface area contributed by atoms with Gasteiger partial charge in [-0.25, -0.2) is 0 Å². The molecule has 0 unspecified atom stereocenters. The van der Waals surface area contributed by atoms with Gasteiger partial charge >= 0.3 is 18.3 Å². The molecule has 0 bridgehead atoms. The molecule has 5 aromatic rings. The number of benzene rings is 4. The zero-order valence-corrected chi connectivity index (χ0v) is 27.0. The Morgan fingerprint density at radius 3 is 2.00 bits per heavy atom. The largest absolute Gasteiger partial charge is 0.481 e. The summed E-state index contributed by atoms with van der Waals surface area (Å²) >= 11 is 6.60. The molecule has 0 aliphatic carbocycles. The van der Waals surface area contributed by atoms with Gasteiger partial charge < -0.3 is 15.7 Å². The highest BCUT2D eigenvalue weighted by Crippen LogP contribution is 2.41. The average molecular weight is 712 g/mol. The van der Waals surface area contributed by atoms with Gasteiger partial charge in [-0.05, 0) is 82.8 Å². The first-order valence-electron chi connectivity index (χ1n) is 15.1. The van der Waals surface area contributed by atoms with Gasteiger partial charge in [-0.1, -0.05) is 60.1 Å². The molecule has 0 fully saturated rings. The molecule has 5 rings (SSSR count). The number of alkyl halides is 6. The number of amides is 1. The van der Waals surface area contributed by atoms with E-state index in [-0.39, 0.29) is 35.8 Å². The van der Waals surface area contributed by atoms with E-state index in [1.165, 1.54) is 24.4 Å². The average Bonchev–Trinajstić information content (AvgIpc) is 3.06. The van der Waals surface area contributed by atoms with Crippen molar-refractivity contribution in [1.82, 2.24) is 10.3 Å². The van der Waals surface area contributed by atoms with Crippen LogP contribution in [0.5, 0.6) is 0 Å². The van der Waals surface area contributed by atoms with Gasteiger partial charge in [-0.2, -0.15) is 26.3 Å². The number of hydrogen-bond donors (Lipinski definition) is 3. The zero-order chi connectivity index (χ0) is 36.2. The van der Waals surface area contributed by atoms with Crippen LogP contribution >= 0.6 is 11.6 Å². The van der Waals surface area contributed by atoms with E-state index in [9.17, 15) is 35.9 Å². The molecule has 0 aliphatic heterocycles. The number of pyridine rings is 1. The van der Waals surface area contributed by atoms with Crippen LogP contribution in [-0.2, 0) is 23.7 Å². The van der Waals surface area contributed by atoms with E-state index in [4.69, 9.17) is 16.7 Å². The number of nitrogens with one attached hydrogen (secondary N) is 2. The highest BCUT2D eigenvalue weighted by molar-refractivity contribution is 6.33. The summed E-state index contributed by atoms with van der Waals surface area (Å²) in [4.78, 5) is 27.4. The number of halogens is 7. The van der Waals surface area contributed by atoms with Crippen molar-refractivity contribution >= 4 is 29.2 Å². The Labute approximate surface area is 287 Å². The Bertz CT molecular complexity index is 2030. The molecular weight excluding hydrogens is 684 g/mol. The third-order valence-corrected chi connectivity index (χ3v) is 8.19. The van der Waals surface area contributed by atoms with Crippen LogP contribution in [0.2, 0.25) is 5.02 Å². The second-order valence-corrected chi connectivity index (χ2v) is 11.7. The number of carboxylic acid groups (broad SMARTS) is 1. The maximum absolute atomic E-state index is 14.2. The first-order chi connectivity index (χ1) is 23.6. The second-order valence-electron chi connectivity index (χ2n) is 11.3. The summed E-state index contributed by atoms with van der Waals surface area (Å²) in [5.74, 6) is -1.73. The topological polar surface area (TPSA) is 91.3 Å². The monoisotopic (exact) mass is 711 g/mol. The van der Waals surface area contributed by atoms with Crippen molar-refractivity contribution in [1.29, 1.82) is 0 Å². The van der Waals surface area contributed by atoms with Gasteiger partial charge in [0.1, 0.15) is 5.69 Å². The maximum Gasteiger partial charge on any atom is 0.416 e. The molecule has 0 saturated heterocycles. The summed E-state index contributed by atoms with van der Waals surface area (Å²) in [7, 11) is 0. The summed E-state index contributed by atoms with van der Waals surface area (Å²) < 4.78 is 82.3. The van der Waals surface area contributed by atoms with Crippen LogP contribution in [0, 0.1) is 6.92 Å². The highest BCUT2D eigenvalue weighted by Gasteiger charge is 2.33. The fourth-order valence-corrected chi connectivity index (χ4v) is 5.68. The highest BCUT2D eigenvalue weighted by atomic mass is 35.5. The van der Waals surface area contributed by atoms with E-state index in [1.54, 1.807) is 55.5 Å². The molecule has 0 atom stereocenters. The number of carboxylic acids is 1. The van der Waals surface area contributed by atoms with Gasteiger partial charge in [0.15, 0.2) is 0 Å². The molecule has 0 aliphatic rings. The molecule has 0 saturated carbocycles. The normalized spacial score (nSPS) is 11.7. The lowest BCUT2D eigenvalue weighted by Gasteiger charge is -2.20. The van der Waals surface area contributed by atoms with Crippen molar-refractivity contribution in [2.45, 2.75) is 32.2 Å². The summed E-state index contributed by atoms with van der Waals surface area (Å²) in [5.41, 5.74) is 1.93. The number of aryl methyl sites for hydroxylation is 1. The van der Waals surface area contributed by atoms with Gasteiger partial charge in [-0.3, -0.25) is 14.6 Å². The van der Waals surface area contributed by atoms with E-state index in [0.717, 1.165) is 24.3 Å². The third-order valence-electron chi connectivity index (χ3n) is 7.88. The van der Waals surface area contributed by atoms with Crippen LogP contribution in [0.15, 0.2) is 97.2 Å². The molecule has 258 valence electrons. The Morgan fingerprint density at radius 2 is 1.42 bits per heavy atom. The van der Waals surface area contributed by atoms with Gasteiger partial charge in [0, 0.05) is 36.1 Å². The molecular formula is C37H28ClF6N3O3. The molecule has 13 heteroatoms. The second kappa shape index (κ2) is 14.6. The first-order valence-corrected chi connectivity index (χ1v) is 15.5. The van der Waals surface area contributed by atoms with E-state index < -0.39 is 35.4 Å². The van der Waals surface area contributed by atoms with E-state index >= 15 is 0 Å². The fourth-order valence-electron chi connectivity index (χ4n) is 5.40. The predicted octanol–water partition coefficient (Wildman–Crippen LogP) is 9.90. The lowest BCUT2D eigenvalue weighted by Crippen LogP contribution is -2.26. The predicted molar refractivity (Wildman–Crippen MR) is 179 cm³/mol. The number of nitrogens with zero attached hydrogens (tertiary/aromatic N) is 1. The van der Waals surface area contributed by atoms with Gasteiger partial charge in [0.2, 0.25) is 0 Å². The number of aliphatic carboxylic acids is 1. The number of hydrogen-bond acceptors (Lipinski definition) is 4. The van der Waals surface area contributed by atoms with Crippen LogP contribution in [0.4, 0.5) is 32.0 Å². The Balaban J connectivity index is 1.52. The summed E-state index contributed by atoms with van der Waals surface area (Å²) in [6, 6.07) is 21.7. The number of rotatable bonds is 10. The van der Waals surface area contributed by atoms with E-state index in [2.05, 4.69) is 15.6 Å². The lowest BCUT2D eigenvalue weighted by atomic mass is 9.89. The van der Waals surface area contributed by atoms with Gasteiger partial charge in [-0.15, -0.1) is 0 Å². The van der Waals surface area contributed by atoms with Crippen molar-refractivity contribution in [2.75, 3.05) is 11.9 Å². The van der Waals surface area contributed by atoms with Crippen molar-refractivity contribution in [3.05, 3.63) is 130 Å². The Hall–Kier alpha value is -5.36. The Morgan fingerprint density at radius 1 is 0.760 bits per heavy atom. The summed E-state index contributed by atoms with van der Waals surface area (Å²) in [5, 5.41) is 14.7. The van der Waals surface area contributed by atoms with Crippen molar-refractivity contribution < 1.29 is 41.0 Å². The molecule has 1 aromatic heterocycles. The molecule has 6 nitrogen and oxygen atoms in total. The lowest BCUT2D eigenvalue weighted by molar-refractivity contribution is -0.138.